The summed E-state index contributed by atoms with van der Waals surface area (Å²) in [6.45, 7) is 15.2. The van der Waals surface area contributed by atoms with Crippen LogP contribution in [0.5, 0.6) is 0 Å². The summed E-state index contributed by atoms with van der Waals surface area (Å²) >= 11 is 1.76. The first kappa shape index (κ1) is 29.3. The monoisotopic (exact) mass is 485 g/mol. The van der Waals surface area contributed by atoms with Gasteiger partial charge in [0.25, 0.3) is 0 Å². The largest absolute Gasteiger partial charge is 0.377 e. The first-order valence-electron chi connectivity index (χ1n) is 11.8. The van der Waals surface area contributed by atoms with Crippen LogP contribution in [0.25, 0.3) is 12.2 Å². The van der Waals surface area contributed by atoms with Crippen molar-refractivity contribution < 1.29 is 14.3 Å². The van der Waals surface area contributed by atoms with E-state index in [1.54, 1.807) is 34.6 Å². The molecule has 34 heavy (non-hydrogen) atoms. The maximum atomic E-state index is 12.9. The second kappa shape index (κ2) is 15.2. The van der Waals surface area contributed by atoms with E-state index in [0.29, 0.717) is 25.4 Å². The summed E-state index contributed by atoms with van der Waals surface area (Å²) in [6.07, 6.45) is 10.7. The molecule has 2 aromatic heterocycles. The number of nitrogens with zero attached hydrogens (tertiary/aromatic N) is 2. The molecule has 186 valence electrons. The normalized spacial score (nSPS) is 11.9. The Kier molecular flexibility index (Phi) is 13.1. The lowest BCUT2D eigenvalue weighted by atomic mass is 10.0. The molecule has 0 aliphatic carbocycles. The van der Waals surface area contributed by atoms with Crippen molar-refractivity contribution in [3.05, 3.63) is 56.4 Å². The number of pyridine rings is 1. The number of anilines is 1. The van der Waals surface area contributed by atoms with E-state index in [9.17, 15) is 9.59 Å². The molecule has 0 fully saturated rings. The quantitative estimate of drug-likeness (QED) is 0.295. The van der Waals surface area contributed by atoms with Gasteiger partial charge in [0, 0.05) is 41.2 Å². The van der Waals surface area contributed by atoms with E-state index >= 15 is 0 Å². The third kappa shape index (κ3) is 7.64. The number of thiophene rings is 1. The minimum absolute atomic E-state index is 0.0349. The van der Waals surface area contributed by atoms with Crippen LogP contribution in [-0.4, -0.2) is 35.9 Å². The van der Waals surface area contributed by atoms with Gasteiger partial charge >= 0.3 is 0 Å². The van der Waals surface area contributed by atoms with E-state index in [0.717, 1.165) is 17.5 Å². The molecule has 2 amide bonds. The molecular weight excluding hydrogens is 446 g/mol. The first-order chi connectivity index (χ1) is 16.4. The number of amides is 2. The number of nitrogens with one attached hydrogen (secondary N) is 1. The summed E-state index contributed by atoms with van der Waals surface area (Å²) in [5.41, 5.74) is 4.14. The molecule has 0 saturated heterocycles. The van der Waals surface area contributed by atoms with Crippen LogP contribution in [0.4, 0.5) is 5.82 Å². The van der Waals surface area contributed by atoms with Crippen molar-refractivity contribution in [3.8, 4) is 0 Å². The van der Waals surface area contributed by atoms with E-state index in [1.807, 2.05) is 40.8 Å². The second-order valence-electron chi connectivity index (χ2n) is 7.42. The number of carbonyl (C=O) groups is 2. The predicted molar refractivity (Wildman–Crippen MR) is 144 cm³/mol. The van der Waals surface area contributed by atoms with Gasteiger partial charge in [0.1, 0.15) is 5.82 Å². The molecule has 0 aromatic carbocycles. The summed E-state index contributed by atoms with van der Waals surface area (Å²) in [4.78, 5) is 32.2. The number of hydrogen-bond donors (Lipinski definition) is 1. The molecule has 0 aliphatic heterocycles. The van der Waals surface area contributed by atoms with Crippen molar-refractivity contribution in [2.24, 2.45) is 0 Å². The van der Waals surface area contributed by atoms with Gasteiger partial charge in [-0.05, 0) is 69.0 Å². The molecule has 2 aromatic rings. The summed E-state index contributed by atoms with van der Waals surface area (Å²) in [5, 5.41) is 2.58. The SMILES string of the molecule is C/C=C\c1sc(C(C)N(C)C(=O)/C=C/c2cnc(NC=O)c(COCC)c2)c(C)c1CC.CC. The van der Waals surface area contributed by atoms with E-state index in [1.165, 1.54) is 20.9 Å². The van der Waals surface area contributed by atoms with Gasteiger partial charge in [0.05, 0.1) is 12.6 Å². The lowest BCUT2D eigenvalue weighted by Crippen LogP contribution is -2.27. The highest BCUT2D eigenvalue weighted by molar-refractivity contribution is 7.13. The molecule has 0 radical (unpaired) electrons. The fourth-order valence-electron chi connectivity index (χ4n) is 3.49. The van der Waals surface area contributed by atoms with E-state index in [2.05, 4.69) is 43.2 Å². The highest BCUT2D eigenvalue weighted by Crippen LogP contribution is 2.36. The molecule has 0 bridgehead atoms. The summed E-state index contributed by atoms with van der Waals surface area (Å²) in [7, 11) is 1.83. The third-order valence-electron chi connectivity index (χ3n) is 5.38. The Hall–Kier alpha value is -2.77. The van der Waals surface area contributed by atoms with Crippen molar-refractivity contribution in [1.29, 1.82) is 0 Å². The van der Waals surface area contributed by atoms with Gasteiger partial charge in [-0.15, -0.1) is 11.3 Å². The van der Waals surface area contributed by atoms with Gasteiger partial charge in [0.2, 0.25) is 12.3 Å². The molecule has 2 rings (SSSR count). The fraction of sp³-hybridized carbons (Fsp3) is 0.444. The Morgan fingerprint density at radius 3 is 2.59 bits per heavy atom. The topological polar surface area (TPSA) is 71.5 Å². The van der Waals surface area contributed by atoms with Crippen LogP contribution in [0.1, 0.15) is 79.6 Å². The second-order valence-corrected chi connectivity index (χ2v) is 8.51. The summed E-state index contributed by atoms with van der Waals surface area (Å²) < 4.78 is 5.46. The molecule has 1 unspecified atom stereocenters. The van der Waals surface area contributed by atoms with Crippen molar-refractivity contribution >= 4 is 41.6 Å². The molecule has 7 heteroatoms. The van der Waals surface area contributed by atoms with Gasteiger partial charge < -0.3 is 15.0 Å². The Balaban J connectivity index is 0.00000281. The minimum atomic E-state index is -0.0858. The third-order valence-corrected chi connectivity index (χ3v) is 6.85. The zero-order valence-corrected chi connectivity index (χ0v) is 22.6. The Labute approximate surface area is 208 Å². The number of hydrogen-bond acceptors (Lipinski definition) is 5. The molecule has 0 spiro atoms. The molecule has 0 aliphatic rings. The number of rotatable bonds is 11. The predicted octanol–water partition coefficient (Wildman–Crippen LogP) is 6.41. The number of aromatic nitrogens is 1. The van der Waals surface area contributed by atoms with Crippen LogP contribution in [0, 0.1) is 6.92 Å². The van der Waals surface area contributed by atoms with Crippen LogP contribution < -0.4 is 5.32 Å². The zero-order valence-electron chi connectivity index (χ0n) is 21.8. The van der Waals surface area contributed by atoms with Crippen LogP contribution in [0.2, 0.25) is 0 Å². The molecule has 1 N–H and O–H groups in total. The van der Waals surface area contributed by atoms with Gasteiger partial charge in [-0.1, -0.05) is 26.8 Å². The zero-order chi connectivity index (χ0) is 25.7. The Bertz CT molecular complexity index is 995. The number of allylic oxidation sites excluding steroid dienone is 1. The summed E-state index contributed by atoms with van der Waals surface area (Å²) in [5.74, 6) is 0.372. The summed E-state index contributed by atoms with van der Waals surface area (Å²) in [6, 6.07) is 1.83. The highest BCUT2D eigenvalue weighted by Gasteiger charge is 2.22. The van der Waals surface area contributed by atoms with Gasteiger partial charge in [-0.25, -0.2) is 4.98 Å². The Morgan fingerprint density at radius 2 is 2.00 bits per heavy atom. The standard InChI is InChI=1S/C25H33N3O3S.C2H6/c1-7-10-22-21(8-2)17(4)24(32-22)18(5)28(6)23(30)12-11-19-13-20(15-31-9-3)25(26-14-19)27-16-29;1-2/h7,10-14,16,18H,8-9,15H2,1-6H3,(H,26,27,29);1-2H3/b10-7-,12-11+;. The van der Waals surface area contributed by atoms with Crippen molar-refractivity contribution in [2.45, 2.75) is 67.5 Å². The van der Waals surface area contributed by atoms with Crippen LogP contribution in [0.15, 0.2) is 24.4 Å². The first-order valence-corrected chi connectivity index (χ1v) is 12.7. The van der Waals surface area contributed by atoms with Gasteiger partial charge in [0.15, 0.2) is 0 Å². The lowest BCUT2D eigenvalue weighted by molar-refractivity contribution is -0.126. The smallest absolute Gasteiger partial charge is 0.246 e. The minimum Gasteiger partial charge on any atom is -0.377 e. The van der Waals surface area contributed by atoms with E-state index in [-0.39, 0.29) is 11.9 Å². The number of likely N-dealkylation sites (N-methyl/N-ethyl adjacent to an activating group) is 1. The number of carbonyl (C=O) groups excluding carboxylic acids is 2. The van der Waals surface area contributed by atoms with Gasteiger partial charge in [-0.2, -0.15) is 0 Å². The Morgan fingerprint density at radius 1 is 1.29 bits per heavy atom. The maximum absolute atomic E-state index is 12.9. The highest BCUT2D eigenvalue weighted by atomic mass is 32.1. The van der Waals surface area contributed by atoms with Crippen LogP contribution in [0.3, 0.4) is 0 Å². The van der Waals surface area contributed by atoms with Crippen LogP contribution in [-0.2, 0) is 27.4 Å². The number of ether oxygens (including phenoxy) is 1. The maximum Gasteiger partial charge on any atom is 0.246 e. The van der Waals surface area contributed by atoms with Crippen molar-refractivity contribution in [3.63, 3.8) is 0 Å². The van der Waals surface area contributed by atoms with E-state index < -0.39 is 0 Å². The van der Waals surface area contributed by atoms with Gasteiger partial charge in [-0.3, -0.25) is 9.59 Å². The van der Waals surface area contributed by atoms with Crippen molar-refractivity contribution in [1.82, 2.24) is 9.88 Å². The average molecular weight is 486 g/mol. The van der Waals surface area contributed by atoms with E-state index in [4.69, 9.17) is 4.74 Å². The molecule has 1 atom stereocenters. The van der Waals surface area contributed by atoms with Crippen molar-refractivity contribution in [2.75, 3.05) is 19.0 Å². The molecule has 6 nitrogen and oxygen atoms in total. The molecule has 2 heterocycles. The van der Waals surface area contributed by atoms with Crippen LogP contribution >= 0.6 is 11.3 Å². The average Bonchev–Trinajstić information content (AvgIpc) is 3.17. The lowest BCUT2D eigenvalue weighted by Gasteiger charge is -2.23. The molecular formula is C27H39N3O3S. The fourth-order valence-corrected chi connectivity index (χ4v) is 4.96. The molecule has 0 saturated carbocycles.